The fourth-order valence-electron chi connectivity index (χ4n) is 4.01. The molecule has 0 aromatic carbocycles. The van der Waals surface area contributed by atoms with Crippen molar-refractivity contribution in [1.82, 2.24) is 30.6 Å². The predicted molar refractivity (Wildman–Crippen MR) is 104 cm³/mol. The molecule has 146 valence electrons. The van der Waals surface area contributed by atoms with Crippen molar-refractivity contribution in [3.63, 3.8) is 0 Å². The quantitative estimate of drug-likeness (QED) is 0.748. The lowest BCUT2D eigenvalue weighted by Gasteiger charge is -2.41. The molecule has 3 unspecified atom stereocenters. The summed E-state index contributed by atoms with van der Waals surface area (Å²) in [5, 5.41) is 15.9. The van der Waals surface area contributed by atoms with Crippen LogP contribution in [-0.2, 0) is 5.60 Å². The van der Waals surface area contributed by atoms with E-state index in [1.54, 1.807) is 13.8 Å². The topological polar surface area (TPSA) is 76.5 Å². The monoisotopic (exact) mass is 370 g/mol. The van der Waals surface area contributed by atoms with E-state index in [2.05, 4.69) is 57.6 Å². The normalized spacial score (nSPS) is 26.4. The molecule has 27 heavy (non-hydrogen) atoms. The van der Waals surface area contributed by atoms with Gasteiger partial charge in [-0.15, -0.1) is 0 Å². The van der Waals surface area contributed by atoms with Crippen molar-refractivity contribution in [2.45, 2.75) is 64.8 Å². The van der Waals surface area contributed by atoms with E-state index in [1.807, 2.05) is 12.4 Å². The molecule has 3 atom stereocenters. The van der Waals surface area contributed by atoms with Gasteiger partial charge in [0.1, 0.15) is 5.60 Å². The smallest absolute Gasteiger partial charge is 0.159 e. The molecule has 0 radical (unpaired) electrons. The second-order valence-electron chi connectivity index (χ2n) is 8.56. The number of hydrogen-bond acceptors (Lipinski definition) is 7. The Morgan fingerprint density at radius 2 is 1.96 bits per heavy atom. The first-order valence-electron chi connectivity index (χ1n) is 9.78. The van der Waals surface area contributed by atoms with Crippen LogP contribution in [0.3, 0.4) is 0 Å². The van der Waals surface area contributed by atoms with Crippen molar-refractivity contribution < 1.29 is 5.11 Å². The van der Waals surface area contributed by atoms with Gasteiger partial charge in [0.05, 0.1) is 17.8 Å². The Bertz CT molecular complexity index is 779. The van der Waals surface area contributed by atoms with Gasteiger partial charge in [-0.05, 0) is 34.6 Å². The van der Waals surface area contributed by atoms with E-state index in [1.165, 1.54) is 17.0 Å². The lowest BCUT2D eigenvalue weighted by Crippen LogP contribution is -2.48. The van der Waals surface area contributed by atoms with Crippen LogP contribution in [0.2, 0.25) is 0 Å². The minimum atomic E-state index is -1.02. The highest BCUT2D eigenvalue weighted by atomic mass is 16.3. The summed E-state index contributed by atoms with van der Waals surface area (Å²) in [6.07, 6.45) is 6.98. The van der Waals surface area contributed by atoms with Gasteiger partial charge < -0.3 is 20.7 Å². The zero-order valence-electron chi connectivity index (χ0n) is 16.8. The summed E-state index contributed by atoms with van der Waals surface area (Å²) in [5.74, 6) is 0.451. The standard InChI is InChI=1S/C20H30N6O/c1-12-6-17-16(9-21-12)18-11-25(10-13(2)26(18)24-17)14(3)15-7-22-19(23-8-15)20(4,5)27/h7-8,11-14,21,24,27H,6,9-10H2,1-5H3. The van der Waals surface area contributed by atoms with Crippen LogP contribution < -0.4 is 10.7 Å². The van der Waals surface area contributed by atoms with E-state index in [0.717, 1.165) is 25.1 Å². The highest BCUT2D eigenvalue weighted by Crippen LogP contribution is 2.35. The van der Waals surface area contributed by atoms with Crippen LogP contribution in [0.5, 0.6) is 0 Å². The number of hydrazine groups is 1. The number of nitrogens with zero attached hydrogens (tertiary/aromatic N) is 4. The second-order valence-corrected chi connectivity index (χ2v) is 8.56. The van der Waals surface area contributed by atoms with Gasteiger partial charge in [0.15, 0.2) is 5.82 Å². The maximum absolute atomic E-state index is 10.1. The average Bonchev–Trinajstić information content (AvgIpc) is 2.98. The first kappa shape index (κ1) is 18.3. The third kappa shape index (κ3) is 3.30. The van der Waals surface area contributed by atoms with E-state index in [-0.39, 0.29) is 6.04 Å². The van der Waals surface area contributed by atoms with Gasteiger partial charge in [-0.1, -0.05) is 0 Å². The van der Waals surface area contributed by atoms with Crippen LogP contribution in [0, 0.1) is 0 Å². The molecular formula is C20H30N6O. The maximum atomic E-state index is 10.1. The zero-order chi connectivity index (χ0) is 19.3. The fourth-order valence-corrected chi connectivity index (χ4v) is 4.01. The largest absolute Gasteiger partial charge is 0.382 e. The van der Waals surface area contributed by atoms with E-state index < -0.39 is 5.60 Å². The number of aliphatic hydroxyl groups is 1. The van der Waals surface area contributed by atoms with Crippen molar-refractivity contribution in [3.05, 3.63) is 46.9 Å². The van der Waals surface area contributed by atoms with Crippen LogP contribution in [0.4, 0.5) is 0 Å². The van der Waals surface area contributed by atoms with Gasteiger partial charge in [-0.3, -0.25) is 5.01 Å². The highest BCUT2D eigenvalue weighted by molar-refractivity contribution is 5.42. The third-order valence-corrected chi connectivity index (χ3v) is 5.73. The Morgan fingerprint density at radius 1 is 1.26 bits per heavy atom. The Labute approximate surface area is 161 Å². The summed E-state index contributed by atoms with van der Waals surface area (Å²) < 4.78 is 0. The minimum Gasteiger partial charge on any atom is -0.382 e. The van der Waals surface area contributed by atoms with Gasteiger partial charge >= 0.3 is 0 Å². The molecular weight excluding hydrogens is 340 g/mol. The number of hydrogen-bond donors (Lipinski definition) is 3. The van der Waals surface area contributed by atoms with E-state index >= 15 is 0 Å². The zero-order valence-corrected chi connectivity index (χ0v) is 16.8. The Morgan fingerprint density at radius 3 is 2.63 bits per heavy atom. The van der Waals surface area contributed by atoms with E-state index in [4.69, 9.17) is 0 Å². The Hall–Kier alpha value is -2.12. The van der Waals surface area contributed by atoms with Gasteiger partial charge in [-0.25, -0.2) is 9.97 Å². The summed E-state index contributed by atoms with van der Waals surface area (Å²) in [6, 6.07) is 1.04. The molecule has 0 spiro atoms. The predicted octanol–water partition coefficient (Wildman–Crippen LogP) is 1.77. The first-order valence-corrected chi connectivity index (χ1v) is 9.78. The molecule has 0 saturated heterocycles. The van der Waals surface area contributed by atoms with Crippen LogP contribution in [0.25, 0.3) is 0 Å². The number of aromatic nitrogens is 2. The molecule has 4 rings (SSSR count). The molecule has 7 nitrogen and oxygen atoms in total. The summed E-state index contributed by atoms with van der Waals surface area (Å²) in [5.41, 5.74) is 7.66. The maximum Gasteiger partial charge on any atom is 0.159 e. The molecule has 3 N–H and O–H groups in total. The minimum absolute atomic E-state index is 0.165. The molecule has 3 aliphatic rings. The van der Waals surface area contributed by atoms with E-state index in [0.29, 0.717) is 17.9 Å². The lowest BCUT2D eigenvalue weighted by molar-refractivity contribution is 0.0685. The molecule has 0 bridgehead atoms. The molecule has 0 saturated carbocycles. The third-order valence-electron chi connectivity index (χ3n) is 5.73. The first-order chi connectivity index (χ1) is 12.7. The summed E-state index contributed by atoms with van der Waals surface area (Å²) in [7, 11) is 0. The van der Waals surface area contributed by atoms with Crippen LogP contribution >= 0.6 is 0 Å². The highest BCUT2D eigenvalue weighted by Gasteiger charge is 2.37. The van der Waals surface area contributed by atoms with Crippen molar-refractivity contribution in [1.29, 1.82) is 0 Å². The van der Waals surface area contributed by atoms with Crippen LogP contribution in [0.1, 0.15) is 58.5 Å². The number of nitrogens with one attached hydrogen (secondary N) is 2. The van der Waals surface area contributed by atoms with Crippen molar-refractivity contribution >= 4 is 0 Å². The van der Waals surface area contributed by atoms with E-state index in [9.17, 15) is 5.11 Å². The average molecular weight is 371 g/mol. The molecule has 0 fully saturated rings. The molecule has 0 amide bonds. The van der Waals surface area contributed by atoms with Gasteiger partial charge in [-0.2, -0.15) is 0 Å². The molecule has 1 aromatic rings. The molecule has 0 aliphatic carbocycles. The molecule has 4 heterocycles. The van der Waals surface area contributed by atoms with Crippen molar-refractivity contribution in [3.8, 4) is 0 Å². The van der Waals surface area contributed by atoms with Crippen molar-refractivity contribution in [2.24, 2.45) is 0 Å². The lowest BCUT2D eigenvalue weighted by atomic mass is 10.0. The van der Waals surface area contributed by atoms with Gasteiger partial charge in [0.25, 0.3) is 0 Å². The second kappa shape index (κ2) is 6.49. The molecule has 3 aliphatic heterocycles. The summed E-state index contributed by atoms with van der Waals surface area (Å²) in [6.45, 7) is 11.9. The molecule has 7 heteroatoms. The Kier molecular flexibility index (Phi) is 4.39. The fraction of sp³-hybridized carbons (Fsp3) is 0.600. The van der Waals surface area contributed by atoms with Crippen molar-refractivity contribution in [2.75, 3.05) is 13.1 Å². The number of rotatable bonds is 3. The number of fused-ring (bicyclic) bond motifs is 2. The SMILES string of the molecule is CC1CC2=C(CN1)C1=CN(C(C)c3cnc(C(C)(C)O)nc3)CC(C)N1N2. The Balaban J connectivity index is 1.59. The summed E-state index contributed by atoms with van der Waals surface area (Å²) in [4.78, 5) is 11.1. The van der Waals surface area contributed by atoms with Gasteiger partial charge in [0.2, 0.25) is 0 Å². The summed E-state index contributed by atoms with van der Waals surface area (Å²) >= 11 is 0. The van der Waals surface area contributed by atoms with Gasteiger partial charge in [0, 0.05) is 61.0 Å². The van der Waals surface area contributed by atoms with Crippen LogP contribution in [-0.4, -0.2) is 50.2 Å². The molecule has 1 aromatic heterocycles. The van der Waals surface area contributed by atoms with Crippen LogP contribution in [0.15, 0.2) is 35.6 Å².